The molecular weight excluding hydrogens is 396 g/mol. The van der Waals surface area contributed by atoms with Gasteiger partial charge in [-0.05, 0) is 42.9 Å². The third-order valence-electron chi connectivity index (χ3n) is 6.16. The minimum absolute atomic E-state index is 0.0299. The Balaban J connectivity index is 1.73. The number of aldehydes is 1. The van der Waals surface area contributed by atoms with E-state index < -0.39 is 43.4 Å². The molecule has 0 spiro atoms. The van der Waals surface area contributed by atoms with Crippen molar-refractivity contribution in [2.45, 2.75) is 69.4 Å². The molecule has 2 aliphatic heterocycles. The second-order valence-corrected chi connectivity index (χ2v) is 8.16. The fourth-order valence-electron chi connectivity index (χ4n) is 4.18. The lowest BCUT2D eigenvalue weighted by Crippen LogP contribution is -2.59. The van der Waals surface area contributed by atoms with Crippen LogP contribution in [0.4, 0.5) is 0 Å². The molecule has 8 atom stereocenters. The third kappa shape index (κ3) is 4.99. The molecule has 0 bridgehead atoms. The van der Waals surface area contributed by atoms with Crippen LogP contribution in [0.1, 0.15) is 32.6 Å². The molecule has 9 heteroatoms. The lowest BCUT2D eigenvalue weighted by atomic mass is 9.84. The molecule has 4 N–H and O–H groups in total. The summed E-state index contributed by atoms with van der Waals surface area (Å²) in [6.45, 7) is 1.31. The zero-order valence-electron chi connectivity index (χ0n) is 16.9. The first-order chi connectivity index (χ1) is 14.3. The highest BCUT2D eigenvalue weighted by Gasteiger charge is 2.44. The predicted molar refractivity (Wildman–Crippen MR) is 103 cm³/mol. The molecule has 30 heavy (non-hydrogen) atoms. The monoisotopic (exact) mass is 426 g/mol. The Morgan fingerprint density at radius 1 is 1.20 bits per heavy atom. The van der Waals surface area contributed by atoms with Gasteiger partial charge in [0.2, 0.25) is 0 Å². The molecule has 0 aromatic heterocycles. The SMILES string of the molecule is CC1C(=O)OC2C=C(COC3OC(CO)C(O)C(O)C3O)CCC=C(C=O)CCC21. The second kappa shape index (κ2) is 10.1. The molecule has 2 heterocycles. The standard InChI is InChI=1S/C21H30O9/c1-11-14-6-5-12(8-22)3-2-4-13(7-15(14)29-20(11)27)10-28-21-19(26)18(25)17(24)16(9-23)30-21/h3,7-8,11,14-19,21,23-26H,2,4-6,9-10H2,1H3. The number of hydrogen-bond acceptors (Lipinski definition) is 9. The highest BCUT2D eigenvalue weighted by Crippen LogP contribution is 2.35. The van der Waals surface area contributed by atoms with Crippen molar-refractivity contribution in [3.8, 4) is 0 Å². The summed E-state index contributed by atoms with van der Waals surface area (Å²) in [5.74, 6) is -0.598. The third-order valence-corrected chi connectivity index (χ3v) is 6.16. The second-order valence-electron chi connectivity index (χ2n) is 8.16. The van der Waals surface area contributed by atoms with Gasteiger partial charge in [0, 0.05) is 5.92 Å². The van der Waals surface area contributed by atoms with E-state index in [9.17, 15) is 30.0 Å². The van der Waals surface area contributed by atoms with Crippen molar-refractivity contribution in [2.24, 2.45) is 11.8 Å². The normalized spacial score (nSPS) is 40.1. The van der Waals surface area contributed by atoms with Gasteiger partial charge in [0.1, 0.15) is 36.8 Å². The lowest BCUT2D eigenvalue weighted by Gasteiger charge is -2.39. The van der Waals surface area contributed by atoms with Gasteiger partial charge in [-0.3, -0.25) is 9.59 Å². The zero-order chi connectivity index (χ0) is 21.8. The topological polar surface area (TPSA) is 143 Å². The molecule has 0 amide bonds. The predicted octanol–water partition coefficient (Wildman–Crippen LogP) is -0.394. The lowest BCUT2D eigenvalue weighted by molar-refractivity contribution is -0.299. The summed E-state index contributed by atoms with van der Waals surface area (Å²) < 4.78 is 16.6. The summed E-state index contributed by atoms with van der Waals surface area (Å²) in [5, 5.41) is 39.2. The van der Waals surface area contributed by atoms with E-state index in [1.807, 2.05) is 19.1 Å². The highest BCUT2D eigenvalue weighted by atomic mass is 16.7. The summed E-state index contributed by atoms with van der Waals surface area (Å²) >= 11 is 0. The smallest absolute Gasteiger partial charge is 0.309 e. The molecule has 9 nitrogen and oxygen atoms in total. The summed E-state index contributed by atoms with van der Waals surface area (Å²) in [4.78, 5) is 23.4. The van der Waals surface area contributed by atoms with Crippen LogP contribution in [0.2, 0.25) is 0 Å². The van der Waals surface area contributed by atoms with Crippen LogP contribution in [-0.4, -0.2) is 82.7 Å². The average Bonchev–Trinajstić information content (AvgIpc) is 3.01. The van der Waals surface area contributed by atoms with Gasteiger partial charge < -0.3 is 34.6 Å². The Kier molecular flexibility index (Phi) is 7.78. The summed E-state index contributed by atoms with van der Waals surface area (Å²) in [7, 11) is 0. The van der Waals surface area contributed by atoms with Crippen molar-refractivity contribution in [3.63, 3.8) is 0 Å². The summed E-state index contributed by atoms with van der Waals surface area (Å²) in [6, 6.07) is 0. The van der Waals surface area contributed by atoms with E-state index in [-0.39, 0.29) is 24.4 Å². The minimum Gasteiger partial charge on any atom is -0.458 e. The van der Waals surface area contributed by atoms with Crippen LogP contribution in [0, 0.1) is 11.8 Å². The quantitative estimate of drug-likeness (QED) is 0.262. The Labute approximate surface area is 174 Å². The van der Waals surface area contributed by atoms with E-state index >= 15 is 0 Å². The molecule has 0 aromatic rings. The highest BCUT2D eigenvalue weighted by molar-refractivity contribution is 5.75. The van der Waals surface area contributed by atoms with E-state index in [2.05, 4.69) is 0 Å². The number of aliphatic hydroxyl groups is 4. The Hall–Kier alpha value is -1.62. The van der Waals surface area contributed by atoms with E-state index in [0.29, 0.717) is 31.3 Å². The van der Waals surface area contributed by atoms with Crippen molar-refractivity contribution >= 4 is 12.3 Å². The first kappa shape index (κ1) is 23.1. The maximum atomic E-state index is 12.1. The van der Waals surface area contributed by atoms with Gasteiger partial charge in [-0.1, -0.05) is 13.0 Å². The van der Waals surface area contributed by atoms with E-state index in [1.165, 1.54) is 0 Å². The van der Waals surface area contributed by atoms with Crippen LogP contribution in [0.5, 0.6) is 0 Å². The van der Waals surface area contributed by atoms with Crippen LogP contribution < -0.4 is 0 Å². The number of carbonyl (C=O) groups excluding carboxylic acids is 2. The molecule has 0 radical (unpaired) electrons. The number of ether oxygens (including phenoxy) is 3. The van der Waals surface area contributed by atoms with Crippen LogP contribution >= 0.6 is 0 Å². The van der Waals surface area contributed by atoms with Gasteiger partial charge in [-0.2, -0.15) is 0 Å². The number of aliphatic hydroxyl groups excluding tert-OH is 4. The molecule has 3 rings (SSSR count). The first-order valence-corrected chi connectivity index (χ1v) is 10.3. The number of rotatable bonds is 5. The first-order valence-electron chi connectivity index (χ1n) is 10.3. The van der Waals surface area contributed by atoms with Gasteiger partial charge in [0.05, 0.1) is 19.1 Å². The van der Waals surface area contributed by atoms with Crippen molar-refractivity contribution in [2.75, 3.05) is 13.2 Å². The number of fused-ring (bicyclic) bond motifs is 1. The van der Waals surface area contributed by atoms with Gasteiger partial charge in [0.25, 0.3) is 0 Å². The van der Waals surface area contributed by atoms with Crippen LogP contribution in [0.3, 0.4) is 0 Å². The minimum atomic E-state index is -1.52. The maximum Gasteiger partial charge on any atom is 0.309 e. The van der Waals surface area contributed by atoms with Gasteiger partial charge in [0.15, 0.2) is 6.29 Å². The Morgan fingerprint density at radius 3 is 2.67 bits per heavy atom. The molecule has 0 saturated carbocycles. The summed E-state index contributed by atoms with van der Waals surface area (Å²) in [5.41, 5.74) is 1.49. The van der Waals surface area contributed by atoms with Crippen molar-refractivity contribution in [1.29, 1.82) is 0 Å². The van der Waals surface area contributed by atoms with E-state index in [4.69, 9.17) is 14.2 Å². The van der Waals surface area contributed by atoms with E-state index in [0.717, 1.165) is 11.9 Å². The molecule has 0 aromatic carbocycles. The fraction of sp³-hybridized carbons (Fsp3) is 0.714. The van der Waals surface area contributed by atoms with Crippen molar-refractivity contribution in [3.05, 3.63) is 23.3 Å². The van der Waals surface area contributed by atoms with Gasteiger partial charge in [-0.15, -0.1) is 0 Å². The molecule has 2 fully saturated rings. The number of carbonyl (C=O) groups is 2. The largest absolute Gasteiger partial charge is 0.458 e. The van der Waals surface area contributed by atoms with Crippen LogP contribution in [0.25, 0.3) is 0 Å². The van der Waals surface area contributed by atoms with Gasteiger partial charge >= 0.3 is 5.97 Å². The van der Waals surface area contributed by atoms with E-state index in [1.54, 1.807) is 0 Å². The summed E-state index contributed by atoms with van der Waals surface area (Å²) in [6.07, 6.45) is -0.209. The average molecular weight is 426 g/mol. The fourth-order valence-corrected chi connectivity index (χ4v) is 4.18. The molecule has 2 saturated heterocycles. The van der Waals surface area contributed by atoms with Crippen LogP contribution in [0.15, 0.2) is 23.3 Å². The Morgan fingerprint density at radius 2 is 1.97 bits per heavy atom. The van der Waals surface area contributed by atoms with Crippen molar-refractivity contribution in [1.82, 2.24) is 0 Å². The number of allylic oxidation sites excluding steroid dienone is 2. The molecule has 3 aliphatic rings. The van der Waals surface area contributed by atoms with Gasteiger partial charge in [-0.25, -0.2) is 0 Å². The maximum absolute atomic E-state index is 12.1. The van der Waals surface area contributed by atoms with Crippen molar-refractivity contribution < 1.29 is 44.2 Å². The molecular formula is C21H30O9. The molecule has 168 valence electrons. The molecule has 8 unspecified atom stereocenters. The number of esters is 1. The zero-order valence-corrected chi connectivity index (χ0v) is 16.9. The molecule has 1 aliphatic carbocycles. The van der Waals surface area contributed by atoms with Crippen LogP contribution in [-0.2, 0) is 23.8 Å². The number of hydrogen-bond donors (Lipinski definition) is 4. The Bertz CT molecular complexity index is 686.